The van der Waals surface area contributed by atoms with Crippen LogP contribution in [0.2, 0.25) is 5.02 Å². The number of halogens is 2. The van der Waals surface area contributed by atoms with Crippen LogP contribution in [0.15, 0.2) is 18.2 Å². The molecule has 0 N–H and O–H groups in total. The van der Waals surface area contributed by atoms with Crippen LogP contribution >= 0.6 is 11.6 Å². The molecule has 51 valence electrons. The maximum atomic E-state index is 12.5. The van der Waals surface area contributed by atoms with Crippen LogP contribution < -0.4 is 0 Å². The second-order valence-corrected chi connectivity index (χ2v) is 2.69. The Balaban J connectivity index is 3.04. The Kier molecular flexibility index (Phi) is 2.46. The average Bonchev–Trinajstić information content (AvgIpc) is 1.95. The van der Waals surface area contributed by atoms with E-state index >= 15 is 0 Å². The van der Waals surface area contributed by atoms with Gasteiger partial charge < -0.3 is 0 Å². The summed E-state index contributed by atoms with van der Waals surface area (Å²) in [6.45, 7) is 0. The van der Waals surface area contributed by atoms with Crippen LogP contribution in [0.25, 0.3) is 0 Å². The molecule has 0 aromatic heterocycles. The minimum atomic E-state index is -0.370. The van der Waals surface area contributed by atoms with Crippen LogP contribution in [0.3, 0.4) is 0 Å². The molecule has 3 radical (unpaired) electrons. The summed E-state index contributed by atoms with van der Waals surface area (Å²) in [5.41, 5.74) is 0.975. The molecule has 0 aliphatic rings. The van der Waals surface area contributed by atoms with Crippen LogP contribution in [0.4, 0.5) is 4.39 Å². The molecule has 1 aromatic carbocycles. The fourth-order valence-corrected chi connectivity index (χ4v) is 1.07. The molecule has 0 atom stereocenters. The molecule has 0 aliphatic carbocycles. The van der Waals surface area contributed by atoms with E-state index in [9.17, 15) is 4.39 Å². The summed E-state index contributed by atoms with van der Waals surface area (Å²) in [5.74, 6) is -0.370. The van der Waals surface area contributed by atoms with E-state index in [1.165, 1.54) is 6.07 Å². The maximum absolute atomic E-state index is 12.5. The largest absolute Gasteiger partial charge is 0.205 e. The molecule has 1 aromatic rings. The molecule has 0 heterocycles. The summed E-state index contributed by atoms with van der Waals surface area (Å²) >= 11 is 5.50. The number of benzene rings is 1. The van der Waals surface area contributed by atoms with Gasteiger partial charge in [-0.05, 0) is 23.7 Å². The van der Waals surface area contributed by atoms with E-state index in [4.69, 9.17) is 11.6 Å². The van der Waals surface area contributed by atoms with Crippen molar-refractivity contribution < 1.29 is 4.39 Å². The van der Waals surface area contributed by atoms with Crippen LogP contribution in [0.1, 0.15) is 5.56 Å². The van der Waals surface area contributed by atoms with Gasteiger partial charge in [-0.1, -0.05) is 17.7 Å². The SMILES string of the molecule is Fc1ccc(C[Si])cc1Cl. The zero-order valence-corrected chi connectivity index (χ0v) is 6.95. The first-order chi connectivity index (χ1) is 4.74. The summed E-state index contributed by atoms with van der Waals surface area (Å²) in [6, 6.07) is 5.34. The lowest BCUT2D eigenvalue weighted by atomic mass is 10.2. The van der Waals surface area contributed by atoms with Gasteiger partial charge in [0.2, 0.25) is 0 Å². The van der Waals surface area contributed by atoms with Crippen molar-refractivity contribution in [2.24, 2.45) is 0 Å². The van der Waals surface area contributed by atoms with Crippen molar-refractivity contribution >= 4 is 21.8 Å². The van der Waals surface area contributed by atoms with Crippen LogP contribution in [-0.4, -0.2) is 10.2 Å². The molecular formula is C7H5ClFSi. The maximum Gasteiger partial charge on any atom is 0.141 e. The van der Waals surface area contributed by atoms with E-state index in [0.717, 1.165) is 5.56 Å². The topological polar surface area (TPSA) is 0 Å². The van der Waals surface area contributed by atoms with E-state index in [0.29, 0.717) is 6.04 Å². The van der Waals surface area contributed by atoms with Gasteiger partial charge in [0, 0.05) is 10.2 Å². The Hall–Kier alpha value is -0.343. The summed E-state index contributed by atoms with van der Waals surface area (Å²) in [7, 11) is 3.28. The third kappa shape index (κ3) is 1.58. The molecule has 1 rings (SSSR count). The molecule has 10 heavy (non-hydrogen) atoms. The molecule has 0 fully saturated rings. The lowest BCUT2D eigenvalue weighted by Crippen LogP contribution is -1.84. The number of rotatable bonds is 1. The van der Waals surface area contributed by atoms with Crippen molar-refractivity contribution in [3.05, 3.63) is 34.6 Å². The Labute approximate surface area is 67.4 Å². The highest BCUT2D eigenvalue weighted by atomic mass is 35.5. The van der Waals surface area contributed by atoms with Crippen molar-refractivity contribution in [3.8, 4) is 0 Å². The highest BCUT2D eigenvalue weighted by Crippen LogP contribution is 2.15. The van der Waals surface area contributed by atoms with Crippen molar-refractivity contribution in [2.75, 3.05) is 0 Å². The van der Waals surface area contributed by atoms with Gasteiger partial charge in [0.1, 0.15) is 5.82 Å². The first kappa shape index (κ1) is 7.76. The van der Waals surface area contributed by atoms with E-state index in [-0.39, 0.29) is 10.8 Å². The molecule has 0 unspecified atom stereocenters. The average molecular weight is 172 g/mol. The third-order valence-corrected chi connectivity index (χ3v) is 1.89. The van der Waals surface area contributed by atoms with Crippen molar-refractivity contribution in [3.63, 3.8) is 0 Å². The second kappa shape index (κ2) is 3.17. The fourth-order valence-electron chi connectivity index (χ4n) is 0.650. The van der Waals surface area contributed by atoms with E-state index < -0.39 is 0 Å². The van der Waals surface area contributed by atoms with Gasteiger partial charge in [-0.2, -0.15) is 0 Å². The Morgan fingerprint density at radius 1 is 1.50 bits per heavy atom. The van der Waals surface area contributed by atoms with Gasteiger partial charge >= 0.3 is 0 Å². The van der Waals surface area contributed by atoms with Gasteiger partial charge in [0.05, 0.1) is 5.02 Å². The van der Waals surface area contributed by atoms with Gasteiger partial charge in [-0.3, -0.25) is 0 Å². The molecular weight excluding hydrogens is 167 g/mol. The molecule has 0 amide bonds. The Morgan fingerprint density at radius 3 is 2.70 bits per heavy atom. The zero-order valence-electron chi connectivity index (χ0n) is 5.20. The summed E-state index contributed by atoms with van der Waals surface area (Å²) in [5, 5.41) is 0.177. The van der Waals surface area contributed by atoms with Gasteiger partial charge in [-0.25, -0.2) is 4.39 Å². The van der Waals surface area contributed by atoms with Gasteiger partial charge in [-0.15, -0.1) is 0 Å². The lowest BCUT2D eigenvalue weighted by molar-refractivity contribution is 0.628. The van der Waals surface area contributed by atoms with Crippen LogP contribution in [0, 0.1) is 5.82 Å². The fraction of sp³-hybridized carbons (Fsp3) is 0.143. The quantitative estimate of drug-likeness (QED) is 0.568. The smallest absolute Gasteiger partial charge is 0.141 e. The molecule has 0 nitrogen and oxygen atoms in total. The van der Waals surface area contributed by atoms with Crippen LogP contribution in [-0.2, 0) is 6.04 Å². The van der Waals surface area contributed by atoms with Gasteiger partial charge in [0.25, 0.3) is 0 Å². The minimum absolute atomic E-state index is 0.177. The molecule has 0 aliphatic heterocycles. The zero-order chi connectivity index (χ0) is 7.56. The van der Waals surface area contributed by atoms with Crippen molar-refractivity contribution in [1.29, 1.82) is 0 Å². The van der Waals surface area contributed by atoms with E-state index in [1.54, 1.807) is 12.1 Å². The van der Waals surface area contributed by atoms with Crippen molar-refractivity contribution in [2.45, 2.75) is 6.04 Å². The third-order valence-electron chi connectivity index (χ3n) is 1.19. The summed E-state index contributed by atoms with van der Waals surface area (Å²) < 4.78 is 12.5. The standard InChI is InChI=1S/C7H5ClFSi/c8-6-3-5(4-10)1-2-7(6)9/h1-3H,4H2. The van der Waals surface area contributed by atoms with E-state index in [1.807, 2.05) is 0 Å². The lowest BCUT2D eigenvalue weighted by Gasteiger charge is -1.96. The molecule has 3 heteroatoms. The van der Waals surface area contributed by atoms with Crippen LogP contribution in [0.5, 0.6) is 0 Å². The second-order valence-electron chi connectivity index (χ2n) is 1.93. The number of hydrogen-bond donors (Lipinski definition) is 0. The predicted octanol–water partition coefficient (Wildman–Crippen LogP) is 2.15. The van der Waals surface area contributed by atoms with Gasteiger partial charge in [0.15, 0.2) is 0 Å². The number of hydrogen-bond acceptors (Lipinski definition) is 0. The first-order valence-corrected chi connectivity index (χ1v) is 3.91. The summed E-state index contributed by atoms with van der Waals surface area (Å²) in [4.78, 5) is 0. The van der Waals surface area contributed by atoms with E-state index in [2.05, 4.69) is 10.2 Å². The monoisotopic (exact) mass is 171 g/mol. The molecule has 0 saturated carbocycles. The normalized spacial score (nSPS) is 9.90. The minimum Gasteiger partial charge on any atom is -0.205 e. The molecule has 0 bridgehead atoms. The summed E-state index contributed by atoms with van der Waals surface area (Å²) in [6.07, 6.45) is 0. The first-order valence-electron chi connectivity index (χ1n) is 2.82. The molecule has 0 saturated heterocycles. The highest BCUT2D eigenvalue weighted by Gasteiger charge is 1.97. The van der Waals surface area contributed by atoms with Crippen molar-refractivity contribution in [1.82, 2.24) is 0 Å². The molecule has 0 spiro atoms. The Morgan fingerprint density at radius 2 is 2.20 bits per heavy atom. The Bertz CT molecular complexity index is 237. The highest BCUT2D eigenvalue weighted by molar-refractivity contribution is 6.30. The predicted molar refractivity (Wildman–Crippen MR) is 40.9 cm³/mol.